The quantitative estimate of drug-likeness (QED) is 0.812. The van der Waals surface area contributed by atoms with Gasteiger partial charge in [0.1, 0.15) is 6.61 Å². The van der Waals surface area contributed by atoms with Crippen LogP contribution >= 0.6 is 11.6 Å². The molecule has 0 aromatic heterocycles. The molecule has 5 heteroatoms. The first-order chi connectivity index (χ1) is 9.12. The van der Waals surface area contributed by atoms with Crippen LogP contribution in [0.4, 0.5) is 0 Å². The molecular formula is C14H16ClNO3. The van der Waals surface area contributed by atoms with E-state index in [0.29, 0.717) is 29.4 Å². The van der Waals surface area contributed by atoms with Gasteiger partial charge < -0.3 is 14.8 Å². The van der Waals surface area contributed by atoms with Crippen molar-refractivity contribution in [3.8, 4) is 23.8 Å². The second-order valence-electron chi connectivity index (χ2n) is 3.76. The Labute approximate surface area is 118 Å². The van der Waals surface area contributed by atoms with Crippen LogP contribution < -0.4 is 14.8 Å². The summed E-state index contributed by atoms with van der Waals surface area (Å²) in [5.74, 6) is 3.38. The fourth-order valence-electron chi connectivity index (χ4n) is 1.53. The highest BCUT2D eigenvalue weighted by Gasteiger charge is 2.11. The number of aryl methyl sites for hydroxylation is 1. The maximum atomic E-state index is 11.2. The van der Waals surface area contributed by atoms with E-state index in [1.807, 2.05) is 0 Å². The van der Waals surface area contributed by atoms with Gasteiger partial charge in [0, 0.05) is 24.6 Å². The van der Waals surface area contributed by atoms with E-state index in [1.54, 1.807) is 19.2 Å². The van der Waals surface area contributed by atoms with Crippen LogP contribution in [0.1, 0.15) is 12.0 Å². The third kappa shape index (κ3) is 4.38. The molecule has 1 aromatic rings. The third-order valence-corrected chi connectivity index (χ3v) is 2.90. The molecule has 0 atom stereocenters. The molecule has 0 aliphatic heterocycles. The lowest BCUT2D eigenvalue weighted by molar-refractivity contribution is -0.120. The van der Waals surface area contributed by atoms with E-state index >= 15 is 0 Å². The van der Waals surface area contributed by atoms with Crippen molar-refractivity contribution in [2.45, 2.75) is 12.8 Å². The summed E-state index contributed by atoms with van der Waals surface area (Å²) in [6.45, 7) is 0.143. The number of amides is 1. The molecule has 102 valence electrons. The summed E-state index contributed by atoms with van der Waals surface area (Å²) in [5.41, 5.74) is 0.829. The average Bonchev–Trinajstić information content (AvgIpc) is 2.43. The number of hydrogen-bond acceptors (Lipinski definition) is 3. The summed E-state index contributed by atoms with van der Waals surface area (Å²) >= 11 is 6.14. The highest BCUT2D eigenvalue weighted by atomic mass is 35.5. The van der Waals surface area contributed by atoms with Gasteiger partial charge in [-0.15, -0.1) is 6.42 Å². The molecule has 1 rings (SSSR count). The highest BCUT2D eigenvalue weighted by Crippen LogP contribution is 2.33. The Kier molecular flexibility index (Phi) is 6.04. The molecule has 0 unspecified atom stereocenters. The van der Waals surface area contributed by atoms with Crippen LogP contribution in [0.2, 0.25) is 5.02 Å². The number of halogens is 1. The van der Waals surface area contributed by atoms with Crippen LogP contribution in [0.3, 0.4) is 0 Å². The van der Waals surface area contributed by atoms with Crippen molar-refractivity contribution in [3.63, 3.8) is 0 Å². The van der Waals surface area contributed by atoms with E-state index in [4.69, 9.17) is 27.5 Å². The van der Waals surface area contributed by atoms with Gasteiger partial charge in [0.05, 0.1) is 7.11 Å². The van der Waals surface area contributed by atoms with Crippen molar-refractivity contribution in [2.75, 3.05) is 20.8 Å². The Morgan fingerprint density at radius 1 is 1.47 bits per heavy atom. The van der Waals surface area contributed by atoms with E-state index in [-0.39, 0.29) is 12.5 Å². The van der Waals surface area contributed by atoms with Crippen LogP contribution in [0, 0.1) is 12.3 Å². The summed E-state index contributed by atoms with van der Waals surface area (Å²) in [6, 6.07) is 3.41. The van der Waals surface area contributed by atoms with Gasteiger partial charge in [-0.05, 0) is 18.1 Å². The van der Waals surface area contributed by atoms with Crippen LogP contribution in [-0.4, -0.2) is 26.7 Å². The van der Waals surface area contributed by atoms with Crippen molar-refractivity contribution in [2.24, 2.45) is 0 Å². The highest BCUT2D eigenvalue weighted by molar-refractivity contribution is 6.31. The minimum absolute atomic E-state index is 0.0392. The number of carbonyl (C=O) groups excluding carboxylic acids is 1. The minimum Gasteiger partial charge on any atom is -0.493 e. The van der Waals surface area contributed by atoms with E-state index in [1.165, 1.54) is 7.11 Å². The number of nitrogens with one attached hydrogen (secondary N) is 1. The molecule has 1 amide bonds. The zero-order valence-corrected chi connectivity index (χ0v) is 11.7. The van der Waals surface area contributed by atoms with Crippen LogP contribution in [0.15, 0.2) is 12.1 Å². The average molecular weight is 282 g/mol. The number of rotatable bonds is 6. The Morgan fingerprint density at radius 2 is 2.21 bits per heavy atom. The van der Waals surface area contributed by atoms with E-state index < -0.39 is 0 Å². The molecule has 0 fully saturated rings. The standard InChI is InChI=1S/C14H16ClNO3/c1-4-7-19-13-9-11(15)10(8-12(13)18-3)5-6-14(17)16-2/h1,8-9H,5-7H2,2-3H3,(H,16,17). The van der Waals surface area contributed by atoms with Crippen molar-refractivity contribution >= 4 is 17.5 Å². The molecule has 0 radical (unpaired) electrons. The van der Waals surface area contributed by atoms with Gasteiger partial charge in [-0.2, -0.15) is 0 Å². The molecule has 1 aromatic carbocycles. The molecule has 4 nitrogen and oxygen atoms in total. The van der Waals surface area contributed by atoms with Crippen molar-refractivity contribution in [1.82, 2.24) is 5.32 Å². The summed E-state index contributed by atoms with van der Waals surface area (Å²) in [6.07, 6.45) is 6.04. The zero-order chi connectivity index (χ0) is 14.3. The normalized spacial score (nSPS) is 9.58. The fourth-order valence-corrected chi connectivity index (χ4v) is 1.78. The predicted octanol–water partition coefficient (Wildman–Crippen LogP) is 2.04. The molecule has 0 heterocycles. The molecule has 0 spiro atoms. The number of carbonyl (C=O) groups is 1. The maximum Gasteiger partial charge on any atom is 0.220 e. The zero-order valence-electron chi connectivity index (χ0n) is 11.0. The Morgan fingerprint density at radius 3 is 2.79 bits per heavy atom. The fraction of sp³-hybridized carbons (Fsp3) is 0.357. The molecule has 0 saturated carbocycles. The largest absolute Gasteiger partial charge is 0.493 e. The first kappa shape index (κ1) is 15.2. The SMILES string of the molecule is C#CCOc1cc(Cl)c(CCC(=O)NC)cc1OC. The summed E-state index contributed by atoms with van der Waals surface area (Å²) < 4.78 is 10.6. The third-order valence-electron chi connectivity index (χ3n) is 2.54. The first-order valence-electron chi connectivity index (χ1n) is 5.75. The topological polar surface area (TPSA) is 47.6 Å². The minimum atomic E-state index is -0.0392. The number of terminal acetylenes is 1. The van der Waals surface area contributed by atoms with E-state index in [9.17, 15) is 4.79 Å². The van der Waals surface area contributed by atoms with Crippen molar-refractivity contribution < 1.29 is 14.3 Å². The second kappa shape index (κ2) is 7.55. The lowest BCUT2D eigenvalue weighted by atomic mass is 10.1. The van der Waals surface area contributed by atoms with Crippen molar-refractivity contribution in [1.29, 1.82) is 0 Å². The van der Waals surface area contributed by atoms with Crippen LogP contribution in [0.5, 0.6) is 11.5 Å². The van der Waals surface area contributed by atoms with Gasteiger partial charge >= 0.3 is 0 Å². The van der Waals surface area contributed by atoms with Crippen LogP contribution in [0.25, 0.3) is 0 Å². The summed E-state index contributed by atoms with van der Waals surface area (Å²) in [5, 5.41) is 3.09. The molecule has 0 aliphatic carbocycles. The second-order valence-corrected chi connectivity index (χ2v) is 4.17. The molecule has 19 heavy (non-hydrogen) atoms. The Balaban J connectivity index is 2.89. The van der Waals surface area contributed by atoms with Gasteiger partial charge in [0.2, 0.25) is 5.91 Å². The number of benzene rings is 1. The van der Waals surface area contributed by atoms with Gasteiger partial charge in [-0.3, -0.25) is 4.79 Å². The van der Waals surface area contributed by atoms with Crippen LogP contribution in [-0.2, 0) is 11.2 Å². The van der Waals surface area contributed by atoms with Gasteiger partial charge in [-0.25, -0.2) is 0 Å². The predicted molar refractivity (Wildman–Crippen MR) is 74.7 cm³/mol. The molecular weight excluding hydrogens is 266 g/mol. The maximum absolute atomic E-state index is 11.2. The lowest BCUT2D eigenvalue weighted by Crippen LogP contribution is -2.18. The monoisotopic (exact) mass is 281 g/mol. The Bertz CT molecular complexity index is 494. The summed E-state index contributed by atoms with van der Waals surface area (Å²) in [4.78, 5) is 11.2. The molecule has 0 bridgehead atoms. The van der Waals surface area contributed by atoms with Crippen molar-refractivity contribution in [3.05, 3.63) is 22.7 Å². The first-order valence-corrected chi connectivity index (χ1v) is 6.13. The smallest absolute Gasteiger partial charge is 0.220 e. The Hall–Kier alpha value is -1.86. The number of hydrogen-bond donors (Lipinski definition) is 1. The number of methoxy groups -OCH3 is 1. The van der Waals surface area contributed by atoms with E-state index in [2.05, 4.69) is 11.2 Å². The molecule has 1 N–H and O–H groups in total. The summed E-state index contributed by atoms with van der Waals surface area (Å²) in [7, 11) is 3.13. The van der Waals surface area contributed by atoms with Gasteiger partial charge in [-0.1, -0.05) is 17.5 Å². The van der Waals surface area contributed by atoms with E-state index in [0.717, 1.165) is 5.56 Å². The number of ether oxygens (including phenoxy) is 2. The van der Waals surface area contributed by atoms with Gasteiger partial charge in [0.15, 0.2) is 11.5 Å². The molecule has 0 aliphatic rings. The lowest BCUT2D eigenvalue weighted by Gasteiger charge is -2.12. The molecule has 0 saturated heterocycles. The van der Waals surface area contributed by atoms with Gasteiger partial charge in [0.25, 0.3) is 0 Å².